The second kappa shape index (κ2) is 7.41. The molecular weight excluding hydrogens is 306 g/mol. The number of imidazole rings is 1. The van der Waals surface area contributed by atoms with E-state index in [2.05, 4.69) is 9.97 Å². The SMILES string of the molecule is Cn1ccnc1COc1ccc(C(=O)OCc2ccccn2)cc1. The lowest BCUT2D eigenvalue weighted by atomic mass is 10.2. The Hall–Kier alpha value is -3.15. The molecule has 0 N–H and O–H groups in total. The van der Waals surface area contributed by atoms with Crippen LogP contribution in [-0.4, -0.2) is 20.5 Å². The highest BCUT2D eigenvalue weighted by Crippen LogP contribution is 2.15. The van der Waals surface area contributed by atoms with Crippen molar-refractivity contribution in [2.75, 3.05) is 0 Å². The number of pyridine rings is 1. The predicted octanol–water partition coefficient (Wildman–Crippen LogP) is 2.75. The zero-order chi connectivity index (χ0) is 16.8. The van der Waals surface area contributed by atoms with Gasteiger partial charge in [0.05, 0.1) is 11.3 Å². The zero-order valence-corrected chi connectivity index (χ0v) is 13.3. The minimum absolute atomic E-state index is 0.150. The predicted molar refractivity (Wildman–Crippen MR) is 87.3 cm³/mol. The lowest BCUT2D eigenvalue weighted by molar-refractivity contribution is 0.0467. The summed E-state index contributed by atoms with van der Waals surface area (Å²) in [6.07, 6.45) is 5.25. The topological polar surface area (TPSA) is 66.2 Å². The highest BCUT2D eigenvalue weighted by atomic mass is 16.5. The van der Waals surface area contributed by atoms with Crippen molar-refractivity contribution in [2.24, 2.45) is 7.05 Å². The van der Waals surface area contributed by atoms with Gasteiger partial charge in [0.1, 0.15) is 24.8 Å². The summed E-state index contributed by atoms with van der Waals surface area (Å²) < 4.78 is 12.8. The van der Waals surface area contributed by atoms with Crippen LogP contribution < -0.4 is 4.74 Å². The first-order valence-electron chi connectivity index (χ1n) is 7.48. The third-order valence-corrected chi connectivity index (χ3v) is 3.46. The van der Waals surface area contributed by atoms with E-state index in [1.807, 2.05) is 36.0 Å². The fraction of sp³-hybridized carbons (Fsp3) is 0.167. The third-order valence-electron chi connectivity index (χ3n) is 3.46. The number of esters is 1. The highest BCUT2D eigenvalue weighted by Gasteiger charge is 2.08. The normalized spacial score (nSPS) is 10.4. The van der Waals surface area contributed by atoms with Gasteiger partial charge in [-0.15, -0.1) is 0 Å². The Morgan fingerprint density at radius 1 is 1.04 bits per heavy atom. The number of benzene rings is 1. The van der Waals surface area contributed by atoms with E-state index in [1.54, 1.807) is 36.7 Å². The molecule has 0 unspecified atom stereocenters. The quantitative estimate of drug-likeness (QED) is 0.653. The van der Waals surface area contributed by atoms with Gasteiger partial charge < -0.3 is 14.0 Å². The standard InChI is InChI=1S/C18H17N3O3/c1-21-11-10-20-17(21)13-23-16-7-5-14(6-8-16)18(22)24-12-15-4-2-3-9-19-15/h2-11H,12-13H2,1H3. The molecule has 24 heavy (non-hydrogen) atoms. The summed E-state index contributed by atoms with van der Waals surface area (Å²) in [6.45, 7) is 0.518. The number of hydrogen-bond donors (Lipinski definition) is 0. The average Bonchev–Trinajstić information content (AvgIpc) is 3.04. The summed E-state index contributed by atoms with van der Waals surface area (Å²) >= 11 is 0. The van der Waals surface area contributed by atoms with Crippen LogP contribution in [0.1, 0.15) is 21.9 Å². The van der Waals surface area contributed by atoms with Crippen LogP contribution in [0.15, 0.2) is 61.1 Å². The number of aromatic nitrogens is 3. The second-order valence-electron chi connectivity index (χ2n) is 5.16. The molecule has 0 fully saturated rings. The van der Waals surface area contributed by atoms with Crippen LogP contribution in [0.4, 0.5) is 0 Å². The molecule has 0 aliphatic carbocycles. The van der Waals surface area contributed by atoms with Crippen LogP contribution in [0.25, 0.3) is 0 Å². The van der Waals surface area contributed by atoms with Crippen molar-refractivity contribution in [2.45, 2.75) is 13.2 Å². The molecule has 1 aromatic carbocycles. The van der Waals surface area contributed by atoms with E-state index in [0.717, 1.165) is 5.82 Å². The van der Waals surface area contributed by atoms with Crippen molar-refractivity contribution in [1.29, 1.82) is 0 Å². The summed E-state index contributed by atoms with van der Waals surface area (Å²) in [6, 6.07) is 12.3. The Morgan fingerprint density at radius 2 is 1.88 bits per heavy atom. The van der Waals surface area contributed by atoms with Crippen molar-refractivity contribution in [3.05, 3.63) is 78.1 Å². The fourth-order valence-electron chi connectivity index (χ4n) is 2.08. The molecule has 0 saturated carbocycles. The summed E-state index contributed by atoms with van der Waals surface area (Å²) in [7, 11) is 1.91. The summed E-state index contributed by atoms with van der Waals surface area (Å²) in [5, 5.41) is 0. The number of nitrogens with zero attached hydrogens (tertiary/aromatic N) is 3. The number of carbonyl (C=O) groups is 1. The van der Waals surface area contributed by atoms with Gasteiger partial charge in [0.2, 0.25) is 0 Å². The first-order chi connectivity index (χ1) is 11.7. The molecule has 0 radical (unpaired) electrons. The molecule has 0 atom stereocenters. The largest absolute Gasteiger partial charge is 0.486 e. The fourth-order valence-corrected chi connectivity index (χ4v) is 2.08. The van der Waals surface area contributed by atoms with E-state index in [9.17, 15) is 4.79 Å². The second-order valence-corrected chi connectivity index (χ2v) is 5.16. The minimum atomic E-state index is -0.392. The van der Waals surface area contributed by atoms with Crippen molar-refractivity contribution in [3.63, 3.8) is 0 Å². The molecule has 0 amide bonds. The molecule has 0 saturated heterocycles. The molecule has 2 heterocycles. The molecule has 6 heteroatoms. The zero-order valence-electron chi connectivity index (χ0n) is 13.3. The maximum atomic E-state index is 12.0. The molecule has 3 aromatic rings. The summed E-state index contributed by atoms with van der Waals surface area (Å²) in [5.74, 6) is 1.10. The summed E-state index contributed by atoms with van der Waals surface area (Å²) in [4.78, 5) is 20.3. The first-order valence-corrected chi connectivity index (χ1v) is 7.48. The van der Waals surface area contributed by atoms with E-state index in [4.69, 9.17) is 9.47 Å². The van der Waals surface area contributed by atoms with E-state index in [-0.39, 0.29) is 6.61 Å². The van der Waals surface area contributed by atoms with Gasteiger partial charge in [-0.2, -0.15) is 0 Å². The number of carbonyl (C=O) groups excluding carboxylic acids is 1. The number of aryl methyl sites for hydroxylation is 1. The van der Waals surface area contributed by atoms with Crippen LogP contribution in [-0.2, 0) is 25.0 Å². The van der Waals surface area contributed by atoms with E-state index >= 15 is 0 Å². The first kappa shape index (κ1) is 15.7. The van der Waals surface area contributed by atoms with Gasteiger partial charge in [-0.05, 0) is 36.4 Å². The van der Waals surface area contributed by atoms with Gasteiger partial charge in [-0.1, -0.05) is 6.07 Å². The molecule has 122 valence electrons. The van der Waals surface area contributed by atoms with Crippen LogP contribution in [0.3, 0.4) is 0 Å². The van der Waals surface area contributed by atoms with Gasteiger partial charge in [-0.3, -0.25) is 4.98 Å². The minimum Gasteiger partial charge on any atom is -0.486 e. The van der Waals surface area contributed by atoms with E-state index in [0.29, 0.717) is 23.6 Å². The van der Waals surface area contributed by atoms with Crippen LogP contribution in [0, 0.1) is 0 Å². The Balaban J connectivity index is 1.53. The maximum Gasteiger partial charge on any atom is 0.338 e. The lowest BCUT2D eigenvalue weighted by Gasteiger charge is -2.07. The number of ether oxygens (including phenoxy) is 2. The van der Waals surface area contributed by atoms with E-state index < -0.39 is 5.97 Å². The Bertz CT molecular complexity index is 798. The molecule has 3 rings (SSSR count). The Morgan fingerprint density at radius 3 is 2.54 bits per heavy atom. The highest BCUT2D eigenvalue weighted by molar-refractivity contribution is 5.89. The molecule has 0 aliphatic heterocycles. The lowest BCUT2D eigenvalue weighted by Crippen LogP contribution is -2.06. The number of hydrogen-bond acceptors (Lipinski definition) is 5. The Kier molecular flexibility index (Phi) is 4.86. The average molecular weight is 323 g/mol. The van der Waals surface area contributed by atoms with Crippen LogP contribution >= 0.6 is 0 Å². The molecule has 6 nitrogen and oxygen atoms in total. The molecule has 0 aliphatic rings. The third kappa shape index (κ3) is 3.98. The van der Waals surface area contributed by atoms with Gasteiger partial charge in [0, 0.05) is 25.6 Å². The van der Waals surface area contributed by atoms with E-state index in [1.165, 1.54) is 0 Å². The van der Waals surface area contributed by atoms with Gasteiger partial charge >= 0.3 is 5.97 Å². The molecule has 0 spiro atoms. The van der Waals surface area contributed by atoms with Gasteiger partial charge in [-0.25, -0.2) is 9.78 Å². The summed E-state index contributed by atoms with van der Waals surface area (Å²) in [5.41, 5.74) is 1.18. The molecular formula is C18H17N3O3. The van der Waals surface area contributed by atoms with Crippen molar-refractivity contribution >= 4 is 5.97 Å². The van der Waals surface area contributed by atoms with Crippen LogP contribution in [0.5, 0.6) is 5.75 Å². The maximum absolute atomic E-state index is 12.0. The van der Waals surface area contributed by atoms with Crippen molar-refractivity contribution in [1.82, 2.24) is 14.5 Å². The van der Waals surface area contributed by atoms with Crippen molar-refractivity contribution in [3.8, 4) is 5.75 Å². The number of rotatable bonds is 6. The Labute approximate surface area is 139 Å². The van der Waals surface area contributed by atoms with Gasteiger partial charge in [0.25, 0.3) is 0 Å². The van der Waals surface area contributed by atoms with Crippen LogP contribution in [0.2, 0.25) is 0 Å². The van der Waals surface area contributed by atoms with Crippen molar-refractivity contribution < 1.29 is 14.3 Å². The smallest absolute Gasteiger partial charge is 0.338 e. The monoisotopic (exact) mass is 323 g/mol. The molecule has 2 aromatic heterocycles. The molecule has 0 bridgehead atoms. The van der Waals surface area contributed by atoms with Gasteiger partial charge in [0.15, 0.2) is 0 Å².